The van der Waals surface area contributed by atoms with Gasteiger partial charge < -0.3 is 4.90 Å². The van der Waals surface area contributed by atoms with E-state index in [4.69, 9.17) is 0 Å². The maximum absolute atomic E-state index is 14.9. The van der Waals surface area contributed by atoms with Crippen LogP contribution in [0.25, 0.3) is 0 Å². The molecule has 1 aliphatic heterocycles. The average molecular weight is 432 g/mol. The van der Waals surface area contributed by atoms with Crippen LogP contribution in [0.15, 0.2) is 61.1 Å². The van der Waals surface area contributed by atoms with Gasteiger partial charge in [0.1, 0.15) is 12.0 Å². The molecule has 1 saturated heterocycles. The van der Waals surface area contributed by atoms with Crippen LogP contribution in [-0.4, -0.2) is 33.9 Å². The Hall–Kier alpha value is -4.12. The van der Waals surface area contributed by atoms with Crippen LogP contribution in [0.5, 0.6) is 0 Å². The lowest BCUT2D eigenvalue weighted by Gasteiger charge is -2.45. The summed E-state index contributed by atoms with van der Waals surface area (Å²) in [4.78, 5) is 35.7. The molecule has 6 nitrogen and oxygen atoms in total. The summed E-state index contributed by atoms with van der Waals surface area (Å²) in [6.07, 6.45) is 2.60. The zero-order valence-electron chi connectivity index (χ0n) is 17.3. The Bertz CT molecular complexity index is 1230. The van der Waals surface area contributed by atoms with Crippen LogP contribution in [0, 0.1) is 23.5 Å². The van der Waals surface area contributed by atoms with Crippen molar-refractivity contribution in [2.45, 2.75) is 18.9 Å². The van der Waals surface area contributed by atoms with Gasteiger partial charge in [-0.15, -0.1) is 0 Å². The number of benzene rings is 2. The van der Waals surface area contributed by atoms with Crippen molar-refractivity contribution in [1.82, 2.24) is 14.9 Å². The monoisotopic (exact) mass is 432 g/mol. The maximum atomic E-state index is 14.9. The number of nitrogens with zero attached hydrogens (tertiary/aromatic N) is 4. The van der Waals surface area contributed by atoms with Crippen molar-refractivity contribution in [1.29, 1.82) is 0 Å². The van der Waals surface area contributed by atoms with Crippen LogP contribution < -0.4 is 4.90 Å². The summed E-state index contributed by atoms with van der Waals surface area (Å²) < 4.78 is 29.8. The van der Waals surface area contributed by atoms with Gasteiger partial charge in [-0.3, -0.25) is 4.79 Å². The molecule has 1 aromatic heterocycles. The van der Waals surface area contributed by atoms with Crippen molar-refractivity contribution in [3.8, 4) is 11.8 Å². The van der Waals surface area contributed by atoms with E-state index in [0.29, 0.717) is 16.2 Å². The van der Waals surface area contributed by atoms with Crippen LogP contribution in [0.2, 0.25) is 0 Å². The second-order valence-corrected chi connectivity index (χ2v) is 7.52. The Balaban J connectivity index is 1.68. The molecule has 2 heterocycles. The Labute approximate surface area is 183 Å². The lowest BCUT2D eigenvalue weighted by atomic mass is 9.88. The number of amides is 3. The van der Waals surface area contributed by atoms with E-state index in [1.54, 1.807) is 37.3 Å². The summed E-state index contributed by atoms with van der Waals surface area (Å²) in [5.41, 5.74) is -0.583. The molecule has 8 heteroatoms. The second kappa shape index (κ2) is 8.19. The predicted molar refractivity (Wildman–Crippen MR) is 113 cm³/mol. The van der Waals surface area contributed by atoms with Crippen molar-refractivity contribution in [2.75, 3.05) is 11.9 Å². The highest BCUT2D eigenvalue weighted by Crippen LogP contribution is 2.38. The molecule has 3 amide bonds. The highest BCUT2D eigenvalue weighted by Gasteiger charge is 2.48. The summed E-state index contributed by atoms with van der Waals surface area (Å²) >= 11 is 0. The van der Waals surface area contributed by atoms with E-state index in [1.165, 1.54) is 24.5 Å². The molecule has 0 aliphatic carbocycles. The number of hydrogen-bond acceptors (Lipinski definition) is 4. The van der Waals surface area contributed by atoms with Gasteiger partial charge in [0.2, 0.25) is 5.91 Å². The number of imide groups is 1. The van der Waals surface area contributed by atoms with Crippen molar-refractivity contribution >= 4 is 17.6 Å². The minimum atomic E-state index is -1.08. The van der Waals surface area contributed by atoms with E-state index >= 15 is 0 Å². The third-order valence-electron chi connectivity index (χ3n) is 5.46. The molecule has 0 radical (unpaired) electrons. The number of hydrogen-bond donors (Lipinski definition) is 0. The highest BCUT2D eigenvalue weighted by molar-refractivity contribution is 6.16. The zero-order chi connectivity index (χ0) is 22.9. The number of carbonyl (C=O) groups is 2. The number of aromatic nitrogens is 2. The Morgan fingerprint density at radius 3 is 2.28 bits per heavy atom. The van der Waals surface area contributed by atoms with Crippen molar-refractivity contribution in [3.05, 3.63) is 89.5 Å². The first-order chi connectivity index (χ1) is 15.3. The Morgan fingerprint density at radius 1 is 1.00 bits per heavy atom. The minimum Gasteiger partial charge on any atom is -0.315 e. The normalized spacial score (nSPS) is 18.4. The van der Waals surface area contributed by atoms with Crippen LogP contribution in [0.3, 0.4) is 0 Å². The van der Waals surface area contributed by atoms with Crippen LogP contribution in [0.1, 0.15) is 30.2 Å². The van der Waals surface area contributed by atoms with Gasteiger partial charge in [0, 0.05) is 24.4 Å². The molecule has 0 saturated carbocycles. The maximum Gasteiger partial charge on any atom is 0.332 e. The molecule has 1 fully saturated rings. The lowest BCUT2D eigenvalue weighted by Crippen LogP contribution is -2.60. The fraction of sp³-hybridized carbons (Fsp3) is 0.167. The standard InChI is InChI=1S/C24H18F2N4O2/c1-24(20-10-11-27-15-28-20)14-21(31)30(23(32)29(24)2)22-18(25)12-17(13-19(22)26)9-8-16-6-4-3-5-7-16/h3-7,10-13,15H,14H2,1-2H3/t24-/m0/s1. The molecule has 2 aromatic carbocycles. The number of urea groups is 1. The largest absolute Gasteiger partial charge is 0.332 e. The number of halogens is 2. The molecule has 0 spiro atoms. The second-order valence-electron chi connectivity index (χ2n) is 7.52. The third kappa shape index (κ3) is 3.69. The molecular formula is C24H18F2N4O2. The van der Waals surface area contributed by atoms with Gasteiger partial charge in [0.25, 0.3) is 0 Å². The van der Waals surface area contributed by atoms with Crippen LogP contribution in [0.4, 0.5) is 19.3 Å². The molecule has 0 N–H and O–H groups in total. The van der Waals surface area contributed by atoms with Gasteiger partial charge in [-0.2, -0.15) is 0 Å². The van der Waals surface area contributed by atoms with Crippen LogP contribution >= 0.6 is 0 Å². The first kappa shape index (κ1) is 21.1. The highest BCUT2D eigenvalue weighted by atomic mass is 19.1. The van der Waals surface area contributed by atoms with E-state index in [9.17, 15) is 18.4 Å². The summed E-state index contributed by atoms with van der Waals surface area (Å²) in [6.45, 7) is 1.66. The first-order valence-electron chi connectivity index (χ1n) is 9.74. The molecule has 0 bridgehead atoms. The van der Waals surface area contributed by atoms with Gasteiger partial charge in [-0.25, -0.2) is 28.4 Å². The van der Waals surface area contributed by atoms with E-state index in [-0.39, 0.29) is 12.0 Å². The van der Waals surface area contributed by atoms with E-state index in [2.05, 4.69) is 21.8 Å². The van der Waals surface area contributed by atoms with Crippen LogP contribution in [-0.2, 0) is 10.3 Å². The van der Waals surface area contributed by atoms with E-state index in [0.717, 1.165) is 12.1 Å². The van der Waals surface area contributed by atoms with Gasteiger partial charge >= 0.3 is 6.03 Å². The molecule has 1 aliphatic rings. The molecule has 1 atom stereocenters. The fourth-order valence-electron chi connectivity index (χ4n) is 3.57. The molecule has 0 unspecified atom stereocenters. The quantitative estimate of drug-likeness (QED) is 0.577. The predicted octanol–water partition coefficient (Wildman–Crippen LogP) is 3.86. The van der Waals surface area contributed by atoms with Gasteiger partial charge in [-0.05, 0) is 37.3 Å². The first-order valence-corrected chi connectivity index (χ1v) is 9.74. The Morgan fingerprint density at radius 2 is 1.66 bits per heavy atom. The van der Waals surface area contributed by atoms with E-state index < -0.39 is 34.8 Å². The molecule has 32 heavy (non-hydrogen) atoms. The van der Waals surface area contributed by atoms with Crippen molar-refractivity contribution in [3.63, 3.8) is 0 Å². The number of rotatable bonds is 2. The van der Waals surface area contributed by atoms with E-state index in [1.807, 2.05) is 6.07 Å². The summed E-state index contributed by atoms with van der Waals surface area (Å²) in [5, 5.41) is 0. The third-order valence-corrected chi connectivity index (χ3v) is 5.46. The minimum absolute atomic E-state index is 0.0867. The smallest absolute Gasteiger partial charge is 0.315 e. The topological polar surface area (TPSA) is 66.4 Å². The summed E-state index contributed by atoms with van der Waals surface area (Å²) in [6, 6.07) is 11.7. The summed E-state index contributed by atoms with van der Waals surface area (Å²) in [5.74, 6) is 2.67. The zero-order valence-corrected chi connectivity index (χ0v) is 17.3. The Kier molecular flexibility index (Phi) is 5.41. The average Bonchev–Trinajstić information content (AvgIpc) is 2.79. The van der Waals surface area contributed by atoms with Gasteiger partial charge in [0.05, 0.1) is 17.7 Å². The molecule has 3 aromatic rings. The lowest BCUT2D eigenvalue weighted by molar-refractivity contribution is -0.122. The molecular weight excluding hydrogens is 414 g/mol. The number of anilines is 1. The fourth-order valence-corrected chi connectivity index (χ4v) is 3.57. The van der Waals surface area contributed by atoms with Gasteiger partial charge in [-0.1, -0.05) is 30.0 Å². The summed E-state index contributed by atoms with van der Waals surface area (Å²) in [7, 11) is 1.46. The van der Waals surface area contributed by atoms with Crippen molar-refractivity contribution < 1.29 is 18.4 Å². The molecule has 160 valence electrons. The SMILES string of the molecule is CN1C(=O)N(c2c(F)cc(C#Cc3ccccc3)cc2F)C(=O)C[C@@]1(C)c1ccncn1. The molecule has 4 rings (SSSR count). The number of carbonyl (C=O) groups excluding carboxylic acids is 2. The van der Waals surface area contributed by atoms with Gasteiger partial charge in [0.15, 0.2) is 11.6 Å². The van der Waals surface area contributed by atoms with Crippen molar-refractivity contribution in [2.24, 2.45) is 0 Å².